The first kappa shape index (κ1) is 12.2. The largest absolute Gasteiger partial charge is 0.478 e. The van der Waals surface area contributed by atoms with Crippen LogP contribution in [0.25, 0.3) is 0 Å². The van der Waals surface area contributed by atoms with Gasteiger partial charge in [0.1, 0.15) is 5.82 Å². The van der Waals surface area contributed by atoms with E-state index in [2.05, 4.69) is 17.2 Å². The molecule has 1 fully saturated rings. The van der Waals surface area contributed by atoms with Crippen LogP contribution in [-0.2, 0) is 0 Å². The van der Waals surface area contributed by atoms with Crippen LogP contribution in [0.2, 0.25) is 5.02 Å². The van der Waals surface area contributed by atoms with Gasteiger partial charge in [-0.25, -0.2) is 9.78 Å². The first-order chi connectivity index (χ1) is 8.06. The summed E-state index contributed by atoms with van der Waals surface area (Å²) < 4.78 is 0. The normalized spacial score (nSPS) is 17.3. The van der Waals surface area contributed by atoms with Gasteiger partial charge in [0.05, 0.1) is 10.6 Å². The van der Waals surface area contributed by atoms with E-state index in [0.717, 1.165) is 19.3 Å². The van der Waals surface area contributed by atoms with Crippen LogP contribution in [-0.4, -0.2) is 21.6 Å². The molecule has 0 saturated heterocycles. The summed E-state index contributed by atoms with van der Waals surface area (Å²) in [6.45, 7) is 2.13. The van der Waals surface area contributed by atoms with Gasteiger partial charge in [-0.3, -0.25) is 0 Å². The molecule has 0 unspecified atom stereocenters. The molecule has 2 rings (SSSR count). The van der Waals surface area contributed by atoms with Crippen molar-refractivity contribution in [2.45, 2.75) is 38.1 Å². The maximum absolute atomic E-state index is 11.0. The lowest BCUT2D eigenvalue weighted by atomic mass is 9.75. The zero-order valence-corrected chi connectivity index (χ0v) is 10.4. The summed E-state index contributed by atoms with van der Waals surface area (Å²) in [4.78, 5) is 15.1. The van der Waals surface area contributed by atoms with Crippen molar-refractivity contribution in [2.75, 3.05) is 5.32 Å². The third-order valence-electron chi connectivity index (χ3n) is 3.47. The number of hydrogen-bond acceptors (Lipinski definition) is 3. The van der Waals surface area contributed by atoms with Crippen LogP contribution in [0.4, 0.5) is 5.82 Å². The number of hydrogen-bond donors (Lipinski definition) is 2. The lowest BCUT2D eigenvalue weighted by molar-refractivity contribution is 0.0697. The third kappa shape index (κ3) is 2.36. The van der Waals surface area contributed by atoms with Crippen molar-refractivity contribution in [3.05, 3.63) is 22.8 Å². The molecule has 0 aromatic carbocycles. The summed E-state index contributed by atoms with van der Waals surface area (Å²) in [7, 11) is 0. The average molecular weight is 255 g/mol. The summed E-state index contributed by atoms with van der Waals surface area (Å²) in [5, 5.41) is 12.5. The molecular formula is C12H15ClN2O2. The molecule has 0 aliphatic heterocycles. The predicted molar refractivity (Wildman–Crippen MR) is 66.7 cm³/mol. The number of carbonyl (C=O) groups is 1. The molecule has 1 heterocycles. The number of rotatable bonds is 4. The second-order valence-electron chi connectivity index (χ2n) is 4.47. The minimum atomic E-state index is -1.03. The van der Waals surface area contributed by atoms with Gasteiger partial charge in [-0.2, -0.15) is 0 Å². The van der Waals surface area contributed by atoms with Crippen molar-refractivity contribution in [2.24, 2.45) is 0 Å². The Balaban J connectivity index is 2.22. The van der Waals surface area contributed by atoms with Crippen molar-refractivity contribution in [3.8, 4) is 0 Å². The molecule has 0 radical (unpaired) electrons. The number of carboxylic acid groups (broad SMARTS) is 1. The van der Waals surface area contributed by atoms with Crippen LogP contribution in [0.1, 0.15) is 43.0 Å². The Bertz CT molecular complexity index is 439. The van der Waals surface area contributed by atoms with E-state index in [1.165, 1.54) is 18.7 Å². The number of nitrogens with one attached hydrogen (secondary N) is 1. The summed E-state index contributed by atoms with van der Waals surface area (Å²) in [6, 6.07) is 1.50. The molecule has 1 saturated carbocycles. The van der Waals surface area contributed by atoms with Crippen molar-refractivity contribution >= 4 is 23.4 Å². The first-order valence-electron chi connectivity index (χ1n) is 5.73. The highest BCUT2D eigenvalue weighted by molar-refractivity contribution is 6.33. The zero-order chi connectivity index (χ0) is 12.5. The number of aromatic nitrogens is 1. The molecule has 0 spiro atoms. The fourth-order valence-corrected chi connectivity index (χ4v) is 2.30. The lowest BCUT2D eigenvalue weighted by Crippen LogP contribution is -2.44. The Hall–Kier alpha value is -1.29. The van der Waals surface area contributed by atoms with E-state index >= 15 is 0 Å². The van der Waals surface area contributed by atoms with Crippen molar-refractivity contribution in [1.82, 2.24) is 4.98 Å². The minimum Gasteiger partial charge on any atom is -0.478 e. The van der Waals surface area contributed by atoms with Gasteiger partial charge in [0.25, 0.3) is 0 Å². The second-order valence-corrected chi connectivity index (χ2v) is 4.87. The van der Waals surface area contributed by atoms with E-state index in [0.29, 0.717) is 5.82 Å². The molecule has 0 atom stereocenters. The van der Waals surface area contributed by atoms with Crippen LogP contribution >= 0.6 is 11.6 Å². The number of carboxylic acids is 1. The predicted octanol–water partition coefficient (Wildman–Crippen LogP) is 3.18. The number of anilines is 1. The highest BCUT2D eigenvalue weighted by Gasteiger charge is 2.35. The number of pyridine rings is 1. The van der Waals surface area contributed by atoms with Gasteiger partial charge >= 0.3 is 5.97 Å². The standard InChI is InChI=1S/C12H15ClN2O2/c1-2-12(4-3-5-12)15-10-6-8(11(16)17)9(13)7-14-10/h6-7H,2-5H2,1H3,(H,14,15)(H,16,17). The number of halogens is 1. The third-order valence-corrected chi connectivity index (χ3v) is 3.77. The maximum Gasteiger partial charge on any atom is 0.337 e. The molecular weight excluding hydrogens is 240 g/mol. The maximum atomic E-state index is 11.0. The van der Waals surface area contributed by atoms with Crippen LogP contribution in [0.5, 0.6) is 0 Å². The molecule has 2 N–H and O–H groups in total. The van der Waals surface area contributed by atoms with E-state index < -0.39 is 5.97 Å². The van der Waals surface area contributed by atoms with E-state index in [4.69, 9.17) is 16.7 Å². The van der Waals surface area contributed by atoms with Crippen LogP contribution in [0.3, 0.4) is 0 Å². The first-order valence-corrected chi connectivity index (χ1v) is 6.11. The quantitative estimate of drug-likeness (QED) is 0.866. The number of aromatic carboxylic acids is 1. The summed E-state index contributed by atoms with van der Waals surface area (Å²) in [5.74, 6) is -0.437. The highest BCUT2D eigenvalue weighted by atomic mass is 35.5. The minimum absolute atomic E-state index is 0.0924. The van der Waals surface area contributed by atoms with Crippen LogP contribution in [0.15, 0.2) is 12.3 Å². The van der Waals surface area contributed by atoms with E-state index in [1.54, 1.807) is 0 Å². The van der Waals surface area contributed by atoms with Crippen molar-refractivity contribution in [1.29, 1.82) is 0 Å². The van der Waals surface area contributed by atoms with Crippen molar-refractivity contribution in [3.63, 3.8) is 0 Å². The Morgan fingerprint density at radius 2 is 2.35 bits per heavy atom. The average Bonchev–Trinajstić information content (AvgIpc) is 2.25. The lowest BCUT2D eigenvalue weighted by Gasteiger charge is -2.42. The second kappa shape index (κ2) is 4.53. The molecule has 1 aromatic rings. The van der Waals surface area contributed by atoms with Crippen LogP contribution in [0, 0.1) is 0 Å². The SMILES string of the molecule is CCC1(Nc2cc(C(=O)O)c(Cl)cn2)CCC1. The molecule has 17 heavy (non-hydrogen) atoms. The molecule has 1 aromatic heterocycles. The van der Waals surface area contributed by atoms with Gasteiger partial charge < -0.3 is 10.4 Å². The molecule has 0 amide bonds. The van der Waals surface area contributed by atoms with Gasteiger partial charge in [0.15, 0.2) is 0 Å². The van der Waals surface area contributed by atoms with Gasteiger partial charge in [-0.05, 0) is 31.7 Å². The smallest absolute Gasteiger partial charge is 0.337 e. The van der Waals surface area contributed by atoms with E-state index in [-0.39, 0.29) is 16.1 Å². The molecule has 1 aliphatic carbocycles. The summed E-state index contributed by atoms with van der Waals surface area (Å²) in [5.41, 5.74) is 0.186. The van der Waals surface area contributed by atoms with E-state index in [9.17, 15) is 4.79 Å². The Labute approximate surface area is 105 Å². The van der Waals surface area contributed by atoms with Crippen LogP contribution < -0.4 is 5.32 Å². The molecule has 1 aliphatic rings. The molecule has 0 bridgehead atoms. The Morgan fingerprint density at radius 1 is 1.65 bits per heavy atom. The molecule has 5 heteroatoms. The van der Waals surface area contributed by atoms with Gasteiger partial charge in [-0.1, -0.05) is 18.5 Å². The summed E-state index contributed by atoms with van der Waals surface area (Å²) >= 11 is 5.77. The topological polar surface area (TPSA) is 62.2 Å². The van der Waals surface area contributed by atoms with Crippen molar-refractivity contribution < 1.29 is 9.90 Å². The molecule has 92 valence electrons. The monoisotopic (exact) mass is 254 g/mol. The zero-order valence-electron chi connectivity index (χ0n) is 9.66. The fraction of sp³-hybridized carbons (Fsp3) is 0.500. The Morgan fingerprint density at radius 3 is 2.82 bits per heavy atom. The van der Waals surface area contributed by atoms with E-state index in [1.807, 2.05) is 0 Å². The number of nitrogens with zero attached hydrogens (tertiary/aromatic N) is 1. The molecule has 4 nitrogen and oxygen atoms in total. The van der Waals surface area contributed by atoms with Gasteiger partial charge in [0, 0.05) is 11.7 Å². The van der Waals surface area contributed by atoms with Gasteiger partial charge in [-0.15, -0.1) is 0 Å². The fourth-order valence-electron chi connectivity index (χ4n) is 2.11. The van der Waals surface area contributed by atoms with Gasteiger partial charge in [0.2, 0.25) is 0 Å². The summed E-state index contributed by atoms with van der Waals surface area (Å²) in [6.07, 6.45) is 5.82. The Kier molecular flexibility index (Phi) is 3.24. The highest BCUT2D eigenvalue weighted by Crippen LogP contribution is 2.37.